The predicted octanol–water partition coefficient (Wildman–Crippen LogP) is 2.70. The zero-order valence-electron chi connectivity index (χ0n) is 16.7. The Balaban J connectivity index is 1.57. The molecule has 1 fully saturated rings. The fourth-order valence-electron chi connectivity index (χ4n) is 4.26. The van der Waals surface area contributed by atoms with Crippen LogP contribution in [-0.2, 0) is 22.5 Å². The standard InChI is InChI=1S/C22H28N4O2/c1-16-19-9-6-11-26(13-17-7-4-3-5-8-17)22(19)24-21(23-16)18-10-12-25(14-18)20(27)15-28-2/h3-5,7-8,18H,6,9-15H2,1-2H3/t18-/m1/s1. The third kappa shape index (κ3) is 3.87. The Bertz CT molecular complexity index is 840. The third-order valence-corrected chi connectivity index (χ3v) is 5.75. The zero-order chi connectivity index (χ0) is 19.5. The summed E-state index contributed by atoms with van der Waals surface area (Å²) in [6, 6.07) is 10.6. The molecule has 4 rings (SSSR count). The molecule has 2 aliphatic rings. The van der Waals surface area contributed by atoms with Gasteiger partial charge in [-0.25, -0.2) is 9.97 Å². The zero-order valence-corrected chi connectivity index (χ0v) is 16.7. The summed E-state index contributed by atoms with van der Waals surface area (Å²) in [5, 5.41) is 0. The molecule has 3 heterocycles. The van der Waals surface area contributed by atoms with Gasteiger partial charge in [0.1, 0.15) is 18.2 Å². The number of carbonyl (C=O) groups is 1. The van der Waals surface area contributed by atoms with Gasteiger partial charge in [-0.2, -0.15) is 0 Å². The molecule has 0 N–H and O–H groups in total. The van der Waals surface area contributed by atoms with E-state index in [9.17, 15) is 4.79 Å². The molecule has 1 amide bonds. The lowest BCUT2D eigenvalue weighted by molar-refractivity contribution is -0.134. The number of anilines is 1. The molecule has 6 nitrogen and oxygen atoms in total. The summed E-state index contributed by atoms with van der Waals surface area (Å²) >= 11 is 0. The number of carbonyl (C=O) groups excluding carboxylic acids is 1. The van der Waals surface area contributed by atoms with E-state index in [1.54, 1.807) is 7.11 Å². The van der Waals surface area contributed by atoms with Crippen LogP contribution in [-0.4, -0.2) is 54.1 Å². The average Bonchev–Trinajstić information content (AvgIpc) is 3.20. The first-order chi connectivity index (χ1) is 13.7. The number of methoxy groups -OCH3 is 1. The maximum absolute atomic E-state index is 12.1. The SMILES string of the molecule is COCC(=O)N1CC[C@@H](c2nc(C)c3c(n2)N(Cc2ccccc2)CCC3)C1. The second-order valence-corrected chi connectivity index (χ2v) is 7.74. The van der Waals surface area contributed by atoms with Gasteiger partial charge in [0.25, 0.3) is 0 Å². The Morgan fingerprint density at radius 3 is 2.82 bits per heavy atom. The van der Waals surface area contributed by atoms with Crippen LogP contribution >= 0.6 is 0 Å². The van der Waals surface area contributed by atoms with Crippen LogP contribution < -0.4 is 4.90 Å². The van der Waals surface area contributed by atoms with Crippen LogP contribution in [0.5, 0.6) is 0 Å². The molecule has 148 valence electrons. The fraction of sp³-hybridized carbons (Fsp3) is 0.500. The minimum Gasteiger partial charge on any atom is -0.375 e. The summed E-state index contributed by atoms with van der Waals surface area (Å²) in [6.07, 6.45) is 3.08. The molecule has 0 aliphatic carbocycles. The second kappa shape index (κ2) is 8.27. The number of hydrogen-bond donors (Lipinski definition) is 0. The second-order valence-electron chi connectivity index (χ2n) is 7.74. The van der Waals surface area contributed by atoms with Crippen molar-refractivity contribution in [2.45, 2.75) is 38.6 Å². The maximum Gasteiger partial charge on any atom is 0.248 e. The monoisotopic (exact) mass is 380 g/mol. The highest BCUT2D eigenvalue weighted by Gasteiger charge is 2.31. The van der Waals surface area contributed by atoms with Crippen LogP contribution in [0.3, 0.4) is 0 Å². The molecular formula is C22H28N4O2. The van der Waals surface area contributed by atoms with Gasteiger partial charge in [0.15, 0.2) is 0 Å². The van der Waals surface area contributed by atoms with Crippen LogP contribution in [0.15, 0.2) is 30.3 Å². The van der Waals surface area contributed by atoms with Crippen molar-refractivity contribution in [3.8, 4) is 0 Å². The Morgan fingerprint density at radius 1 is 1.21 bits per heavy atom. The Hall–Kier alpha value is -2.47. The lowest BCUT2D eigenvalue weighted by Crippen LogP contribution is -2.32. The normalized spacial score (nSPS) is 19.0. The number of likely N-dealkylation sites (tertiary alicyclic amines) is 1. The summed E-state index contributed by atoms with van der Waals surface area (Å²) in [6.45, 7) is 5.55. The predicted molar refractivity (Wildman–Crippen MR) is 108 cm³/mol. The topological polar surface area (TPSA) is 58.6 Å². The van der Waals surface area contributed by atoms with Crippen LogP contribution in [0.25, 0.3) is 0 Å². The summed E-state index contributed by atoms with van der Waals surface area (Å²) in [4.78, 5) is 26.2. The van der Waals surface area contributed by atoms with Gasteiger partial charge in [0, 0.05) is 50.5 Å². The molecule has 6 heteroatoms. The number of amides is 1. The molecule has 0 spiro atoms. The Labute approximate surface area is 166 Å². The summed E-state index contributed by atoms with van der Waals surface area (Å²) < 4.78 is 4.99. The first kappa shape index (κ1) is 18.9. The van der Waals surface area contributed by atoms with Crippen LogP contribution in [0, 0.1) is 6.92 Å². The van der Waals surface area contributed by atoms with Crippen molar-refractivity contribution in [3.63, 3.8) is 0 Å². The van der Waals surface area contributed by atoms with Gasteiger partial charge in [-0.1, -0.05) is 30.3 Å². The van der Waals surface area contributed by atoms with Crippen molar-refractivity contribution in [2.24, 2.45) is 0 Å². The van der Waals surface area contributed by atoms with Crippen LogP contribution in [0.4, 0.5) is 5.82 Å². The first-order valence-electron chi connectivity index (χ1n) is 10.1. The number of nitrogens with zero attached hydrogens (tertiary/aromatic N) is 4. The molecule has 1 saturated heterocycles. The molecular weight excluding hydrogens is 352 g/mol. The first-order valence-corrected chi connectivity index (χ1v) is 10.1. The number of rotatable bonds is 5. The van der Waals surface area contributed by atoms with Gasteiger partial charge in [-0.05, 0) is 31.7 Å². The van der Waals surface area contributed by atoms with Crippen LogP contribution in [0.2, 0.25) is 0 Å². The summed E-state index contributed by atoms with van der Waals surface area (Å²) in [5.74, 6) is 2.21. The van der Waals surface area contributed by atoms with E-state index in [1.807, 2.05) is 4.90 Å². The molecule has 1 aromatic carbocycles. The van der Waals surface area contributed by atoms with Crippen molar-refractivity contribution in [1.29, 1.82) is 0 Å². The Morgan fingerprint density at radius 2 is 2.04 bits per heavy atom. The highest BCUT2D eigenvalue weighted by molar-refractivity contribution is 5.77. The summed E-state index contributed by atoms with van der Waals surface area (Å²) in [5.41, 5.74) is 3.65. The summed E-state index contributed by atoms with van der Waals surface area (Å²) in [7, 11) is 1.56. The number of hydrogen-bond acceptors (Lipinski definition) is 5. The minimum absolute atomic E-state index is 0.0467. The average molecular weight is 380 g/mol. The maximum atomic E-state index is 12.1. The van der Waals surface area contributed by atoms with Crippen molar-refractivity contribution in [2.75, 3.05) is 38.3 Å². The van der Waals surface area contributed by atoms with Crippen molar-refractivity contribution < 1.29 is 9.53 Å². The van der Waals surface area contributed by atoms with E-state index in [1.165, 1.54) is 11.1 Å². The van der Waals surface area contributed by atoms with E-state index in [0.29, 0.717) is 6.54 Å². The lowest BCUT2D eigenvalue weighted by atomic mass is 10.0. The van der Waals surface area contributed by atoms with Crippen molar-refractivity contribution in [1.82, 2.24) is 14.9 Å². The molecule has 0 bridgehead atoms. The third-order valence-electron chi connectivity index (χ3n) is 5.75. The van der Waals surface area contributed by atoms with Gasteiger partial charge in [-0.15, -0.1) is 0 Å². The lowest BCUT2D eigenvalue weighted by Gasteiger charge is -2.31. The van der Waals surface area contributed by atoms with E-state index < -0.39 is 0 Å². The largest absolute Gasteiger partial charge is 0.375 e. The van der Waals surface area contributed by atoms with E-state index in [0.717, 1.165) is 56.2 Å². The molecule has 0 unspecified atom stereocenters. The molecule has 2 aliphatic heterocycles. The molecule has 1 aromatic heterocycles. The van der Waals surface area contributed by atoms with E-state index in [4.69, 9.17) is 14.7 Å². The van der Waals surface area contributed by atoms with E-state index in [-0.39, 0.29) is 18.4 Å². The number of benzene rings is 1. The van der Waals surface area contributed by atoms with Gasteiger partial charge < -0.3 is 14.5 Å². The molecule has 2 aromatic rings. The van der Waals surface area contributed by atoms with Gasteiger partial charge in [-0.3, -0.25) is 4.79 Å². The fourth-order valence-corrected chi connectivity index (χ4v) is 4.26. The minimum atomic E-state index is 0.0467. The quantitative estimate of drug-likeness (QED) is 0.798. The van der Waals surface area contributed by atoms with E-state index >= 15 is 0 Å². The molecule has 28 heavy (non-hydrogen) atoms. The Kier molecular flexibility index (Phi) is 5.57. The van der Waals surface area contributed by atoms with Gasteiger partial charge in [0.05, 0.1) is 0 Å². The van der Waals surface area contributed by atoms with E-state index in [2.05, 4.69) is 42.2 Å². The molecule has 1 atom stereocenters. The number of aromatic nitrogens is 2. The number of ether oxygens (including phenoxy) is 1. The number of aryl methyl sites for hydroxylation is 1. The highest BCUT2D eigenvalue weighted by Crippen LogP contribution is 2.32. The van der Waals surface area contributed by atoms with Crippen molar-refractivity contribution in [3.05, 3.63) is 53.0 Å². The smallest absolute Gasteiger partial charge is 0.248 e. The van der Waals surface area contributed by atoms with Gasteiger partial charge in [0.2, 0.25) is 5.91 Å². The van der Waals surface area contributed by atoms with Crippen molar-refractivity contribution >= 4 is 11.7 Å². The van der Waals surface area contributed by atoms with Crippen LogP contribution in [0.1, 0.15) is 41.4 Å². The highest BCUT2D eigenvalue weighted by atomic mass is 16.5. The number of fused-ring (bicyclic) bond motifs is 1. The molecule has 0 saturated carbocycles. The van der Waals surface area contributed by atoms with Gasteiger partial charge >= 0.3 is 0 Å². The molecule has 0 radical (unpaired) electrons.